The molecule has 33 heavy (non-hydrogen) atoms. The van der Waals surface area contributed by atoms with Crippen molar-refractivity contribution in [3.63, 3.8) is 0 Å². The Morgan fingerprint density at radius 1 is 0.939 bits per heavy atom. The SMILES string of the molecule is O=C1CC(N(Cc2ccccc2Cl)S(=O)(=O)c2ccc(F)cc2)C(=O)N1c1ccc(Cl)cc1. The lowest BCUT2D eigenvalue weighted by Gasteiger charge is -2.27. The number of nitrogens with zero attached hydrogens (tertiary/aromatic N) is 2. The maximum absolute atomic E-state index is 13.5. The molecule has 1 aliphatic rings. The quantitative estimate of drug-likeness (QED) is 0.455. The Hall–Kier alpha value is -2.78. The first-order chi connectivity index (χ1) is 15.7. The Bertz CT molecular complexity index is 1320. The van der Waals surface area contributed by atoms with E-state index in [-0.39, 0.29) is 23.5 Å². The summed E-state index contributed by atoms with van der Waals surface area (Å²) < 4.78 is 41.5. The molecule has 1 fully saturated rings. The van der Waals surface area contributed by atoms with Crippen LogP contribution < -0.4 is 4.90 Å². The van der Waals surface area contributed by atoms with Crippen molar-refractivity contribution in [1.29, 1.82) is 0 Å². The Morgan fingerprint density at radius 2 is 1.58 bits per heavy atom. The molecule has 0 aromatic heterocycles. The zero-order valence-electron chi connectivity index (χ0n) is 17.0. The molecule has 1 atom stereocenters. The molecule has 1 unspecified atom stereocenters. The minimum atomic E-state index is -4.30. The smallest absolute Gasteiger partial charge is 0.252 e. The molecule has 1 saturated heterocycles. The van der Waals surface area contributed by atoms with E-state index >= 15 is 0 Å². The highest BCUT2D eigenvalue weighted by Gasteiger charge is 2.47. The molecule has 6 nitrogen and oxygen atoms in total. The maximum Gasteiger partial charge on any atom is 0.252 e. The lowest BCUT2D eigenvalue weighted by Crippen LogP contribution is -2.45. The minimum Gasteiger partial charge on any atom is -0.274 e. The summed E-state index contributed by atoms with van der Waals surface area (Å²) in [5.41, 5.74) is 0.740. The molecular formula is C23H17Cl2FN2O4S. The van der Waals surface area contributed by atoms with Crippen LogP contribution in [0.1, 0.15) is 12.0 Å². The van der Waals surface area contributed by atoms with Crippen LogP contribution in [0.5, 0.6) is 0 Å². The molecule has 3 aromatic rings. The van der Waals surface area contributed by atoms with Gasteiger partial charge in [-0.25, -0.2) is 17.7 Å². The zero-order chi connectivity index (χ0) is 23.8. The molecule has 1 aliphatic heterocycles. The summed E-state index contributed by atoms with van der Waals surface area (Å²) >= 11 is 12.1. The van der Waals surface area contributed by atoms with E-state index in [1.54, 1.807) is 24.3 Å². The van der Waals surface area contributed by atoms with Crippen LogP contribution in [0.25, 0.3) is 0 Å². The van der Waals surface area contributed by atoms with E-state index < -0.39 is 33.7 Å². The van der Waals surface area contributed by atoms with Gasteiger partial charge in [0.1, 0.15) is 11.9 Å². The van der Waals surface area contributed by atoms with Gasteiger partial charge in [0.25, 0.3) is 5.91 Å². The molecule has 2 amide bonds. The average Bonchev–Trinajstić information content (AvgIpc) is 3.07. The molecule has 0 spiro atoms. The van der Waals surface area contributed by atoms with Crippen molar-refractivity contribution in [3.05, 3.63) is 94.2 Å². The second kappa shape index (κ2) is 9.23. The van der Waals surface area contributed by atoms with Gasteiger partial charge in [0.2, 0.25) is 15.9 Å². The lowest BCUT2D eigenvalue weighted by atomic mass is 10.2. The van der Waals surface area contributed by atoms with Crippen LogP contribution in [0, 0.1) is 5.82 Å². The predicted octanol–water partition coefficient (Wildman–Crippen LogP) is 4.66. The molecule has 0 radical (unpaired) electrons. The van der Waals surface area contributed by atoms with Crippen LogP contribution in [0.3, 0.4) is 0 Å². The number of carbonyl (C=O) groups excluding carboxylic acids is 2. The van der Waals surface area contributed by atoms with Crippen molar-refractivity contribution in [2.45, 2.75) is 23.9 Å². The van der Waals surface area contributed by atoms with E-state index in [4.69, 9.17) is 23.2 Å². The van der Waals surface area contributed by atoms with E-state index in [1.807, 2.05) is 0 Å². The fraction of sp³-hybridized carbons (Fsp3) is 0.130. The number of sulfonamides is 1. The number of rotatable bonds is 6. The number of hydrogen-bond acceptors (Lipinski definition) is 4. The van der Waals surface area contributed by atoms with E-state index in [9.17, 15) is 22.4 Å². The summed E-state index contributed by atoms with van der Waals surface area (Å²) in [4.78, 5) is 26.8. The van der Waals surface area contributed by atoms with Crippen molar-refractivity contribution < 1.29 is 22.4 Å². The van der Waals surface area contributed by atoms with Crippen LogP contribution in [0.15, 0.2) is 77.7 Å². The van der Waals surface area contributed by atoms with Gasteiger partial charge in [0.05, 0.1) is 17.0 Å². The van der Waals surface area contributed by atoms with E-state index in [0.717, 1.165) is 33.5 Å². The maximum atomic E-state index is 13.5. The van der Waals surface area contributed by atoms with Crippen LogP contribution in [-0.2, 0) is 26.2 Å². The third-order valence-electron chi connectivity index (χ3n) is 5.26. The fourth-order valence-corrected chi connectivity index (χ4v) is 5.48. The van der Waals surface area contributed by atoms with Crippen molar-refractivity contribution in [1.82, 2.24) is 4.31 Å². The minimum absolute atomic E-state index is 0.207. The highest BCUT2D eigenvalue weighted by Crippen LogP contribution is 2.32. The number of hydrogen-bond donors (Lipinski definition) is 0. The Morgan fingerprint density at radius 3 is 2.21 bits per heavy atom. The monoisotopic (exact) mass is 506 g/mol. The third-order valence-corrected chi connectivity index (χ3v) is 7.75. The molecule has 0 aliphatic carbocycles. The number of benzene rings is 3. The van der Waals surface area contributed by atoms with Crippen LogP contribution in [0.4, 0.5) is 10.1 Å². The van der Waals surface area contributed by atoms with Gasteiger partial charge in [-0.3, -0.25) is 9.59 Å². The van der Waals surface area contributed by atoms with Gasteiger partial charge in [-0.05, 0) is 60.2 Å². The summed E-state index contributed by atoms with van der Waals surface area (Å²) in [6.45, 7) is -0.252. The first kappa shape index (κ1) is 23.4. The molecule has 170 valence electrons. The standard InChI is InChI=1S/C23H17Cl2FN2O4S/c24-16-5-9-18(10-6-16)28-22(29)13-21(23(28)30)27(14-15-3-1-2-4-20(15)25)33(31,32)19-11-7-17(26)8-12-19/h1-12,21H,13-14H2. The van der Waals surface area contributed by atoms with Crippen molar-refractivity contribution in [2.75, 3.05) is 4.90 Å². The largest absolute Gasteiger partial charge is 0.274 e. The van der Waals surface area contributed by atoms with Crippen LogP contribution in [-0.4, -0.2) is 30.6 Å². The van der Waals surface area contributed by atoms with Gasteiger partial charge in [-0.15, -0.1) is 0 Å². The second-order valence-corrected chi connectivity index (χ2v) is 10.1. The highest BCUT2D eigenvalue weighted by molar-refractivity contribution is 7.89. The van der Waals surface area contributed by atoms with Gasteiger partial charge in [0.15, 0.2) is 0 Å². The normalized spacial score (nSPS) is 16.6. The predicted molar refractivity (Wildman–Crippen MR) is 123 cm³/mol. The molecule has 3 aromatic carbocycles. The van der Waals surface area contributed by atoms with Gasteiger partial charge in [0, 0.05) is 16.6 Å². The van der Waals surface area contributed by atoms with Crippen LogP contribution in [0.2, 0.25) is 10.0 Å². The van der Waals surface area contributed by atoms with E-state index in [0.29, 0.717) is 15.6 Å². The highest BCUT2D eigenvalue weighted by atomic mass is 35.5. The summed E-state index contributed by atoms with van der Waals surface area (Å²) in [7, 11) is -4.30. The molecule has 0 saturated carbocycles. The number of halogens is 3. The average molecular weight is 507 g/mol. The molecular weight excluding hydrogens is 490 g/mol. The first-order valence-electron chi connectivity index (χ1n) is 9.81. The molecule has 0 N–H and O–H groups in total. The summed E-state index contributed by atoms with van der Waals surface area (Å²) in [6.07, 6.45) is -0.355. The van der Waals surface area contributed by atoms with Gasteiger partial charge in [-0.2, -0.15) is 4.31 Å². The summed E-state index contributed by atoms with van der Waals surface area (Å²) in [5, 5.41) is 0.733. The third kappa shape index (κ3) is 4.65. The summed E-state index contributed by atoms with van der Waals surface area (Å²) in [5.74, 6) is -1.85. The topological polar surface area (TPSA) is 74.8 Å². The second-order valence-electron chi connectivity index (χ2n) is 7.36. The lowest BCUT2D eigenvalue weighted by molar-refractivity contribution is -0.122. The van der Waals surface area contributed by atoms with Crippen molar-refractivity contribution in [2.24, 2.45) is 0 Å². The number of imide groups is 1. The number of amides is 2. The Kier molecular flexibility index (Phi) is 6.54. The summed E-state index contributed by atoms with van der Waals surface area (Å²) in [6, 6.07) is 15.6. The molecule has 4 rings (SSSR count). The van der Waals surface area contributed by atoms with Gasteiger partial charge in [-0.1, -0.05) is 41.4 Å². The Balaban J connectivity index is 1.77. The molecule has 0 bridgehead atoms. The Labute approximate surface area is 200 Å². The fourth-order valence-electron chi connectivity index (χ4n) is 3.60. The van der Waals surface area contributed by atoms with E-state index in [2.05, 4.69) is 0 Å². The van der Waals surface area contributed by atoms with Gasteiger partial charge < -0.3 is 0 Å². The first-order valence-corrected chi connectivity index (χ1v) is 12.0. The van der Waals surface area contributed by atoms with Crippen molar-refractivity contribution >= 4 is 50.7 Å². The molecule has 1 heterocycles. The van der Waals surface area contributed by atoms with Crippen molar-refractivity contribution in [3.8, 4) is 0 Å². The number of carbonyl (C=O) groups is 2. The molecule has 10 heteroatoms. The van der Waals surface area contributed by atoms with E-state index in [1.165, 1.54) is 24.3 Å². The van der Waals surface area contributed by atoms with Crippen LogP contribution >= 0.6 is 23.2 Å². The zero-order valence-corrected chi connectivity index (χ0v) is 19.3. The van der Waals surface area contributed by atoms with Gasteiger partial charge >= 0.3 is 0 Å². The number of anilines is 1.